The first kappa shape index (κ1) is 14.1. The van der Waals surface area contributed by atoms with Gasteiger partial charge in [-0.1, -0.05) is 33.1 Å². The van der Waals surface area contributed by atoms with E-state index in [-0.39, 0.29) is 11.8 Å². The predicted octanol–water partition coefficient (Wildman–Crippen LogP) is 2.74. The molecule has 0 bridgehead atoms. The summed E-state index contributed by atoms with van der Waals surface area (Å²) in [5, 5.41) is 0. The molecule has 0 aromatic heterocycles. The van der Waals surface area contributed by atoms with Crippen molar-refractivity contribution in [2.45, 2.75) is 59.3 Å². The molecule has 0 atom stereocenters. The van der Waals surface area contributed by atoms with Crippen LogP contribution in [-0.2, 0) is 9.59 Å². The van der Waals surface area contributed by atoms with Gasteiger partial charge < -0.3 is 0 Å². The van der Waals surface area contributed by atoms with Gasteiger partial charge in [-0.2, -0.15) is 0 Å². The van der Waals surface area contributed by atoms with E-state index in [0.717, 1.165) is 32.1 Å². The van der Waals surface area contributed by atoms with Crippen LogP contribution in [0.1, 0.15) is 59.3 Å². The van der Waals surface area contributed by atoms with Crippen LogP contribution in [0.3, 0.4) is 0 Å². The molecule has 3 nitrogen and oxygen atoms in total. The smallest absolute Gasteiger partial charge is 0.229 e. The van der Waals surface area contributed by atoms with Gasteiger partial charge in [0, 0.05) is 19.9 Å². The molecule has 0 aliphatic heterocycles. The normalized spacial score (nSPS) is 10.1. The summed E-state index contributed by atoms with van der Waals surface area (Å²) in [6.45, 7) is 6.20. The van der Waals surface area contributed by atoms with Crippen molar-refractivity contribution < 1.29 is 9.59 Å². The Kier molecular flexibility index (Phi) is 7.96. The Morgan fingerprint density at radius 2 is 1.60 bits per heavy atom. The van der Waals surface area contributed by atoms with E-state index in [0.29, 0.717) is 13.0 Å². The summed E-state index contributed by atoms with van der Waals surface area (Å²) < 4.78 is 0. The summed E-state index contributed by atoms with van der Waals surface area (Å²) in [5.41, 5.74) is 0. The zero-order valence-corrected chi connectivity index (χ0v) is 10.2. The SMILES string of the molecule is CCCCCC(=O)N(CCCC)C(C)=O. The van der Waals surface area contributed by atoms with E-state index in [1.807, 2.05) is 0 Å². The van der Waals surface area contributed by atoms with Gasteiger partial charge in [-0.15, -0.1) is 0 Å². The van der Waals surface area contributed by atoms with Gasteiger partial charge in [-0.3, -0.25) is 14.5 Å². The molecule has 0 rings (SSSR count). The van der Waals surface area contributed by atoms with Gasteiger partial charge in [0.2, 0.25) is 11.8 Å². The van der Waals surface area contributed by atoms with Crippen LogP contribution in [0.25, 0.3) is 0 Å². The largest absolute Gasteiger partial charge is 0.283 e. The number of rotatable bonds is 7. The van der Waals surface area contributed by atoms with Gasteiger partial charge in [0.15, 0.2) is 0 Å². The molecule has 0 N–H and O–H groups in total. The van der Waals surface area contributed by atoms with Crippen LogP contribution in [0.2, 0.25) is 0 Å². The van der Waals surface area contributed by atoms with Crippen LogP contribution >= 0.6 is 0 Å². The fourth-order valence-electron chi connectivity index (χ4n) is 1.44. The number of hydrogen-bond donors (Lipinski definition) is 0. The van der Waals surface area contributed by atoms with Gasteiger partial charge >= 0.3 is 0 Å². The highest BCUT2D eigenvalue weighted by Gasteiger charge is 2.15. The lowest BCUT2D eigenvalue weighted by atomic mass is 10.2. The molecule has 0 unspecified atom stereocenters. The second-order valence-electron chi connectivity index (χ2n) is 3.88. The minimum Gasteiger partial charge on any atom is -0.283 e. The Bertz CT molecular complexity index is 202. The Labute approximate surface area is 92.8 Å². The second kappa shape index (κ2) is 8.45. The molecule has 0 aliphatic carbocycles. The number of imide groups is 1. The maximum absolute atomic E-state index is 11.7. The molecule has 0 saturated heterocycles. The molecule has 0 fully saturated rings. The molecule has 0 aliphatic rings. The highest BCUT2D eigenvalue weighted by atomic mass is 16.2. The van der Waals surface area contributed by atoms with E-state index in [1.165, 1.54) is 11.8 Å². The van der Waals surface area contributed by atoms with Crippen LogP contribution in [-0.4, -0.2) is 23.3 Å². The van der Waals surface area contributed by atoms with Crippen molar-refractivity contribution in [3.05, 3.63) is 0 Å². The third-order valence-corrected chi connectivity index (χ3v) is 2.41. The molecule has 2 amide bonds. The molecule has 3 heteroatoms. The average Bonchev–Trinajstić information content (AvgIpc) is 2.18. The van der Waals surface area contributed by atoms with Crippen LogP contribution in [0.4, 0.5) is 0 Å². The first-order valence-electron chi connectivity index (χ1n) is 5.94. The Morgan fingerprint density at radius 3 is 2.07 bits per heavy atom. The Morgan fingerprint density at radius 1 is 1.00 bits per heavy atom. The minimum absolute atomic E-state index is 0.00981. The molecule has 0 saturated carbocycles. The van der Waals surface area contributed by atoms with E-state index < -0.39 is 0 Å². The van der Waals surface area contributed by atoms with Gasteiger partial charge in [0.05, 0.1) is 0 Å². The van der Waals surface area contributed by atoms with Crippen molar-refractivity contribution in [2.75, 3.05) is 6.54 Å². The minimum atomic E-state index is -0.120. The summed E-state index contributed by atoms with van der Waals surface area (Å²) >= 11 is 0. The summed E-state index contributed by atoms with van der Waals surface area (Å²) in [6.07, 6.45) is 5.47. The number of nitrogens with zero attached hydrogens (tertiary/aromatic N) is 1. The van der Waals surface area contributed by atoms with E-state index in [9.17, 15) is 9.59 Å². The van der Waals surface area contributed by atoms with Crippen molar-refractivity contribution in [1.82, 2.24) is 4.90 Å². The maximum atomic E-state index is 11.7. The quantitative estimate of drug-likeness (QED) is 0.610. The Balaban J connectivity index is 3.99. The van der Waals surface area contributed by atoms with Crippen LogP contribution in [0.5, 0.6) is 0 Å². The third kappa shape index (κ3) is 6.26. The van der Waals surface area contributed by atoms with E-state index >= 15 is 0 Å². The van der Waals surface area contributed by atoms with Crippen LogP contribution in [0, 0.1) is 0 Å². The monoisotopic (exact) mass is 213 g/mol. The number of carbonyl (C=O) groups excluding carboxylic acids is 2. The third-order valence-electron chi connectivity index (χ3n) is 2.41. The van der Waals surface area contributed by atoms with E-state index in [1.54, 1.807) is 0 Å². The van der Waals surface area contributed by atoms with Gasteiger partial charge in [-0.25, -0.2) is 0 Å². The molecule has 0 heterocycles. The lowest BCUT2D eigenvalue weighted by molar-refractivity contribution is -0.143. The molecular weight excluding hydrogens is 190 g/mol. The highest BCUT2D eigenvalue weighted by Crippen LogP contribution is 2.05. The number of amides is 2. The van der Waals surface area contributed by atoms with Crippen molar-refractivity contribution in [3.63, 3.8) is 0 Å². The first-order chi connectivity index (χ1) is 7.13. The molecule has 0 radical (unpaired) electrons. The van der Waals surface area contributed by atoms with E-state index in [4.69, 9.17) is 0 Å². The molecule has 15 heavy (non-hydrogen) atoms. The molecule has 0 aromatic carbocycles. The van der Waals surface area contributed by atoms with E-state index in [2.05, 4.69) is 13.8 Å². The van der Waals surface area contributed by atoms with Crippen molar-refractivity contribution in [1.29, 1.82) is 0 Å². The van der Waals surface area contributed by atoms with Gasteiger partial charge in [-0.05, 0) is 12.8 Å². The van der Waals surface area contributed by atoms with Crippen molar-refractivity contribution in [3.8, 4) is 0 Å². The topological polar surface area (TPSA) is 37.4 Å². The zero-order chi connectivity index (χ0) is 11.7. The fourth-order valence-corrected chi connectivity index (χ4v) is 1.44. The number of carbonyl (C=O) groups is 2. The molecular formula is C12H23NO2. The summed E-state index contributed by atoms with van der Waals surface area (Å²) in [5.74, 6) is -0.130. The summed E-state index contributed by atoms with van der Waals surface area (Å²) in [6, 6.07) is 0. The van der Waals surface area contributed by atoms with Crippen molar-refractivity contribution in [2.24, 2.45) is 0 Å². The lowest BCUT2D eigenvalue weighted by Crippen LogP contribution is -2.35. The molecule has 0 spiro atoms. The molecule has 0 aromatic rings. The zero-order valence-electron chi connectivity index (χ0n) is 10.2. The standard InChI is InChI=1S/C12H23NO2/c1-4-6-8-9-12(15)13(11(3)14)10-7-5-2/h4-10H2,1-3H3. The lowest BCUT2D eigenvalue weighted by Gasteiger charge is -2.18. The van der Waals surface area contributed by atoms with Gasteiger partial charge in [0.25, 0.3) is 0 Å². The maximum Gasteiger partial charge on any atom is 0.229 e. The van der Waals surface area contributed by atoms with Gasteiger partial charge in [0.1, 0.15) is 0 Å². The van der Waals surface area contributed by atoms with Crippen LogP contribution in [0.15, 0.2) is 0 Å². The van der Waals surface area contributed by atoms with Crippen molar-refractivity contribution >= 4 is 11.8 Å². The second-order valence-corrected chi connectivity index (χ2v) is 3.88. The van der Waals surface area contributed by atoms with Crippen LogP contribution < -0.4 is 0 Å². The Hall–Kier alpha value is -0.860. The summed E-state index contributed by atoms with van der Waals surface area (Å²) in [4.78, 5) is 24.3. The highest BCUT2D eigenvalue weighted by molar-refractivity contribution is 5.94. The summed E-state index contributed by atoms with van der Waals surface area (Å²) in [7, 11) is 0. The molecule has 88 valence electrons. The average molecular weight is 213 g/mol. The fraction of sp³-hybridized carbons (Fsp3) is 0.833. The number of hydrogen-bond acceptors (Lipinski definition) is 2. The first-order valence-corrected chi connectivity index (χ1v) is 5.94. The predicted molar refractivity (Wildman–Crippen MR) is 61.4 cm³/mol. The number of unbranched alkanes of at least 4 members (excludes halogenated alkanes) is 3.